The van der Waals surface area contributed by atoms with Gasteiger partial charge in [0.15, 0.2) is 0 Å². The Morgan fingerprint density at radius 1 is 0.743 bits per heavy atom. The molecule has 0 aromatic heterocycles. The molecule has 2 N–H and O–H groups in total. The number of amides is 1. The van der Waals surface area contributed by atoms with Gasteiger partial charge in [0, 0.05) is 0 Å². The number of aryl methyl sites for hydroxylation is 2. The van der Waals surface area contributed by atoms with Crippen LogP contribution in [0.5, 0.6) is 0 Å². The summed E-state index contributed by atoms with van der Waals surface area (Å²) in [6.45, 7) is 3.63. The summed E-state index contributed by atoms with van der Waals surface area (Å²) in [6.07, 6.45) is -4.16. The molecule has 2 atom stereocenters. The largest absolute Gasteiger partial charge is 0.478 e. The molecule has 3 aromatic rings. The minimum atomic E-state index is -2.14. The average Bonchev–Trinajstić information content (AvgIpc) is 2.83. The smallest absolute Gasteiger partial charge is 0.349 e. The fourth-order valence-corrected chi connectivity index (χ4v) is 3.19. The number of halogens is 1. The third-order valence-corrected chi connectivity index (χ3v) is 5.28. The Morgan fingerprint density at radius 3 is 1.66 bits per heavy atom. The van der Waals surface area contributed by atoms with Crippen LogP contribution in [-0.2, 0) is 19.1 Å². The van der Waals surface area contributed by atoms with E-state index in [2.05, 4.69) is 5.32 Å². The van der Waals surface area contributed by atoms with Gasteiger partial charge in [0.2, 0.25) is 12.2 Å². The van der Waals surface area contributed by atoms with Crippen molar-refractivity contribution in [1.82, 2.24) is 0 Å². The number of esters is 2. The summed E-state index contributed by atoms with van der Waals surface area (Å²) in [7, 11) is 0. The highest BCUT2D eigenvalue weighted by molar-refractivity contribution is 6.33. The van der Waals surface area contributed by atoms with Gasteiger partial charge in [0.1, 0.15) is 0 Å². The van der Waals surface area contributed by atoms with Crippen molar-refractivity contribution in [2.24, 2.45) is 0 Å². The molecule has 0 aliphatic carbocycles. The summed E-state index contributed by atoms with van der Waals surface area (Å²) in [5.74, 6) is -4.69. The van der Waals surface area contributed by atoms with Crippen LogP contribution in [0.1, 0.15) is 31.8 Å². The highest BCUT2D eigenvalue weighted by atomic mass is 35.5. The number of benzene rings is 3. The lowest BCUT2D eigenvalue weighted by Gasteiger charge is -2.24. The van der Waals surface area contributed by atoms with Crippen LogP contribution in [0.4, 0.5) is 5.69 Å². The molecular formula is C26H22ClNO7. The van der Waals surface area contributed by atoms with Crippen molar-refractivity contribution in [3.05, 3.63) is 100 Å². The molecule has 8 nitrogen and oxygen atoms in total. The van der Waals surface area contributed by atoms with Crippen molar-refractivity contribution in [3.63, 3.8) is 0 Å². The van der Waals surface area contributed by atoms with E-state index in [1.54, 1.807) is 36.4 Å². The van der Waals surface area contributed by atoms with E-state index in [0.717, 1.165) is 11.1 Å². The summed E-state index contributed by atoms with van der Waals surface area (Å²) in [5, 5.41) is 12.4. The quantitative estimate of drug-likeness (QED) is 0.443. The monoisotopic (exact) mass is 495 g/mol. The number of hydrogen-bond donors (Lipinski definition) is 2. The van der Waals surface area contributed by atoms with Crippen LogP contribution in [0.2, 0.25) is 5.02 Å². The van der Waals surface area contributed by atoms with Gasteiger partial charge in [-0.3, -0.25) is 4.79 Å². The number of carboxylic acid groups (broad SMARTS) is 1. The van der Waals surface area contributed by atoms with Crippen molar-refractivity contribution in [1.29, 1.82) is 0 Å². The minimum absolute atomic E-state index is 0.0666. The molecule has 0 bridgehead atoms. The standard InChI is InChI=1S/C26H22ClNO7/c1-15-7-11-17(12-8-15)25(32)34-21(23(29)28-20-6-4-3-5-19(20)27)22(24(30)31)35-26(33)18-13-9-16(2)10-14-18/h3-14,21-22H,1-2H3,(H,28,29)(H,30,31)/t21-,22+/m0/s1. The first-order valence-corrected chi connectivity index (χ1v) is 10.9. The number of para-hydroxylation sites is 1. The molecule has 0 aliphatic rings. The number of ether oxygens (including phenoxy) is 2. The molecule has 3 rings (SSSR count). The lowest BCUT2D eigenvalue weighted by Crippen LogP contribution is -2.48. The van der Waals surface area contributed by atoms with Crippen LogP contribution in [0.25, 0.3) is 0 Å². The van der Waals surface area contributed by atoms with Gasteiger partial charge >= 0.3 is 17.9 Å². The summed E-state index contributed by atoms with van der Waals surface area (Å²) in [5.41, 5.74) is 2.06. The molecule has 9 heteroatoms. The van der Waals surface area contributed by atoms with Crippen LogP contribution in [-0.4, -0.2) is 41.1 Å². The number of nitrogens with one attached hydrogen (secondary N) is 1. The van der Waals surface area contributed by atoms with E-state index in [0.29, 0.717) is 0 Å². The van der Waals surface area contributed by atoms with Gasteiger partial charge in [-0.05, 0) is 50.2 Å². The Balaban J connectivity index is 1.91. The predicted octanol–water partition coefficient (Wildman–Crippen LogP) is 4.43. The zero-order valence-corrected chi connectivity index (χ0v) is 19.6. The maximum absolute atomic E-state index is 13.1. The van der Waals surface area contributed by atoms with Crippen molar-refractivity contribution >= 4 is 41.1 Å². The van der Waals surface area contributed by atoms with Crippen molar-refractivity contribution in [2.75, 3.05) is 5.32 Å². The maximum atomic E-state index is 13.1. The minimum Gasteiger partial charge on any atom is -0.478 e. The van der Waals surface area contributed by atoms with E-state index >= 15 is 0 Å². The third kappa shape index (κ3) is 6.68. The normalized spacial score (nSPS) is 12.2. The number of carbonyl (C=O) groups excluding carboxylic acids is 3. The first-order chi connectivity index (χ1) is 16.7. The Hall–Kier alpha value is -4.17. The Morgan fingerprint density at radius 2 is 1.20 bits per heavy atom. The van der Waals surface area contributed by atoms with Crippen LogP contribution < -0.4 is 5.32 Å². The van der Waals surface area contributed by atoms with Crippen LogP contribution in [0.3, 0.4) is 0 Å². The SMILES string of the molecule is Cc1ccc(C(=O)O[C@H](C(=O)Nc2ccccc2Cl)[C@@H](OC(=O)c2ccc(C)cc2)C(=O)O)cc1. The molecule has 35 heavy (non-hydrogen) atoms. The Labute approximate surface area is 206 Å². The second-order valence-electron chi connectivity index (χ2n) is 7.69. The van der Waals surface area contributed by atoms with Gasteiger partial charge in [-0.15, -0.1) is 0 Å². The molecule has 0 unspecified atom stereocenters. The van der Waals surface area contributed by atoms with Gasteiger partial charge in [0.25, 0.3) is 5.91 Å². The number of rotatable bonds is 8. The molecule has 0 radical (unpaired) electrons. The highest BCUT2D eigenvalue weighted by Crippen LogP contribution is 2.22. The molecule has 0 saturated carbocycles. The van der Waals surface area contributed by atoms with Crippen molar-refractivity contribution < 1.29 is 33.8 Å². The van der Waals surface area contributed by atoms with Crippen LogP contribution in [0.15, 0.2) is 72.8 Å². The number of carbonyl (C=O) groups is 4. The van der Waals surface area contributed by atoms with Crippen molar-refractivity contribution in [3.8, 4) is 0 Å². The summed E-state index contributed by atoms with van der Waals surface area (Å²) < 4.78 is 10.4. The molecule has 1 amide bonds. The first-order valence-electron chi connectivity index (χ1n) is 10.5. The topological polar surface area (TPSA) is 119 Å². The lowest BCUT2D eigenvalue weighted by molar-refractivity contribution is -0.157. The fourth-order valence-electron chi connectivity index (χ4n) is 3.01. The van der Waals surface area contributed by atoms with E-state index in [-0.39, 0.29) is 21.8 Å². The zero-order chi connectivity index (χ0) is 25.5. The molecule has 0 fully saturated rings. The van der Waals surface area contributed by atoms with Crippen LogP contribution in [0, 0.1) is 13.8 Å². The second kappa shape index (κ2) is 11.3. The van der Waals surface area contributed by atoms with E-state index in [9.17, 15) is 24.3 Å². The van der Waals surface area contributed by atoms with Gasteiger partial charge in [-0.1, -0.05) is 59.1 Å². The summed E-state index contributed by atoms with van der Waals surface area (Å²) >= 11 is 6.08. The Bertz CT molecular complexity index is 1240. The van der Waals surface area contributed by atoms with Gasteiger partial charge in [0.05, 0.1) is 21.8 Å². The van der Waals surface area contributed by atoms with Crippen molar-refractivity contribution in [2.45, 2.75) is 26.1 Å². The lowest BCUT2D eigenvalue weighted by atomic mass is 10.1. The number of anilines is 1. The average molecular weight is 496 g/mol. The van der Waals surface area contributed by atoms with Gasteiger partial charge in [-0.25, -0.2) is 14.4 Å². The molecular weight excluding hydrogens is 474 g/mol. The number of carboxylic acids is 1. The maximum Gasteiger partial charge on any atom is 0.349 e. The summed E-state index contributed by atoms with van der Waals surface area (Å²) in [6, 6.07) is 18.7. The molecule has 180 valence electrons. The van der Waals surface area contributed by atoms with E-state index in [1.165, 1.54) is 36.4 Å². The third-order valence-electron chi connectivity index (χ3n) is 4.95. The molecule has 0 heterocycles. The zero-order valence-electron chi connectivity index (χ0n) is 18.9. The molecule has 0 aliphatic heterocycles. The fraction of sp³-hybridized carbons (Fsp3) is 0.154. The molecule has 0 saturated heterocycles. The van der Waals surface area contributed by atoms with Gasteiger partial charge < -0.3 is 19.9 Å². The summed E-state index contributed by atoms with van der Waals surface area (Å²) in [4.78, 5) is 50.5. The molecule has 3 aromatic carbocycles. The molecule has 0 spiro atoms. The van der Waals surface area contributed by atoms with Crippen LogP contribution >= 0.6 is 11.6 Å². The number of hydrogen-bond acceptors (Lipinski definition) is 6. The highest BCUT2D eigenvalue weighted by Gasteiger charge is 2.41. The van der Waals surface area contributed by atoms with E-state index < -0.39 is 36.0 Å². The predicted molar refractivity (Wildman–Crippen MR) is 128 cm³/mol. The number of aliphatic carboxylic acids is 1. The van der Waals surface area contributed by atoms with E-state index in [1.807, 2.05) is 13.8 Å². The van der Waals surface area contributed by atoms with Gasteiger partial charge in [-0.2, -0.15) is 0 Å². The van der Waals surface area contributed by atoms with E-state index in [4.69, 9.17) is 21.1 Å². The second-order valence-corrected chi connectivity index (χ2v) is 8.10. The Kier molecular flexibility index (Phi) is 8.22. The first kappa shape index (κ1) is 25.5.